The minimum absolute atomic E-state index is 0.00481. The number of nitrogens with zero attached hydrogens (tertiary/aromatic N) is 4. The third kappa shape index (κ3) is 4.23. The lowest BCUT2D eigenvalue weighted by Crippen LogP contribution is -2.50. The predicted octanol–water partition coefficient (Wildman–Crippen LogP) is 3.35. The van der Waals surface area contributed by atoms with Crippen LogP contribution in [0.4, 0.5) is 0 Å². The molecule has 0 atom stereocenters. The van der Waals surface area contributed by atoms with Crippen molar-refractivity contribution >= 4 is 49.5 Å². The molecule has 9 heteroatoms. The number of aromatic nitrogens is 2. The minimum atomic E-state index is -3.60. The molecule has 170 valence electrons. The number of fused-ring (bicyclic) bond motifs is 2. The van der Waals surface area contributed by atoms with Gasteiger partial charge in [0.1, 0.15) is 0 Å². The second-order valence-electron chi connectivity index (χ2n) is 8.02. The van der Waals surface area contributed by atoms with Crippen molar-refractivity contribution in [1.82, 2.24) is 18.8 Å². The number of hydrogen-bond donors (Lipinski definition) is 0. The van der Waals surface area contributed by atoms with Crippen LogP contribution in [-0.2, 0) is 21.9 Å². The van der Waals surface area contributed by atoms with Crippen LogP contribution in [0.25, 0.3) is 21.8 Å². The van der Waals surface area contributed by atoms with Crippen LogP contribution in [0, 0.1) is 0 Å². The van der Waals surface area contributed by atoms with Crippen molar-refractivity contribution in [3.8, 4) is 0 Å². The van der Waals surface area contributed by atoms with Crippen LogP contribution in [0.1, 0.15) is 0 Å². The van der Waals surface area contributed by atoms with E-state index in [1.807, 2.05) is 66.2 Å². The van der Waals surface area contributed by atoms with Gasteiger partial charge in [-0.2, -0.15) is 4.31 Å². The van der Waals surface area contributed by atoms with Crippen molar-refractivity contribution in [3.63, 3.8) is 0 Å². The Morgan fingerprint density at radius 3 is 2.39 bits per heavy atom. The van der Waals surface area contributed by atoms with Crippen LogP contribution in [0.3, 0.4) is 0 Å². The number of benzene rings is 3. The average molecular weight is 481 g/mol. The summed E-state index contributed by atoms with van der Waals surface area (Å²) in [5, 5.41) is 2.69. The van der Waals surface area contributed by atoms with Gasteiger partial charge in [0.25, 0.3) is 0 Å². The molecule has 1 amide bonds. The molecule has 4 aromatic rings. The molecule has 1 aliphatic rings. The highest BCUT2D eigenvalue weighted by Gasteiger charge is 2.30. The molecular formula is C24H24N4O3S2. The SMILES string of the molecule is Cn1c(SCC(=O)N2CCN(S(=O)(=O)c3ccc4ccccc4c3)CC2)nc2ccccc21. The number of carbonyl (C=O) groups excluding carboxylic acids is 1. The maximum atomic E-state index is 13.1. The zero-order chi connectivity index (χ0) is 23.0. The summed E-state index contributed by atoms with van der Waals surface area (Å²) in [6, 6.07) is 20.8. The third-order valence-electron chi connectivity index (χ3n) is 6.02. The van der Waals surface area contributed by atoms with E-state index in [0.29, 0.717) is 18.0 Å². The van der Waals surface area contributed by atoms with Crippen molar-refractivity contribution in [2.24, 2.45) is 7.05 Å². The number of amides is 1. The number of rotatable bonds is 5. The van der Waals surface area contributed by atoms with Gasteiger partial charge in [0.05, 0.1) is 21.7 Å². The molecule has 1 aromatic heterocycles. The van der Waals surface area contributed by atoms with Crippen LogP contribution in [-0.4, -0.2) is 65.0 Å². The van der Waals surface area contributed by atoms with Gasteiger partial charge in [0.2, 0.25) is 15.9 Å². The van der Waals surface area contributed by atoms with Crippen LogP contribution in [0.2, 0.25) is 0 Å². The number of sulfonamides is 1. The van der Waals surface area contributed by atoms with Crippen molar-refractivity contribution in [2.45, 2.75) is 10.1 Å². The van der Waals surface area contributed by atoms with Gasteiger partial charge in [0, 0.05) is 33.2 Å². The summed E-state index contributed by atoms with van der Waals surface area (Å²) < 4.78 is 29.8. The van der Waals surface area contributed by atoms with Crippen molar-refractivity contribution in [2.75, 3.05) is 31.9 Å². The highest BCUT2D eigenvalue weighted by atomic mass is 32.2. The second kappa shape index (κ2) is 8.81. The zero-order valence-corrected chi connectivity index (χ0v) is 19.8. The Balaban J connectivity index is 1.21. The van der Waals surface area contributed by atoms with Gasteiger partial charge in [0.15, 0.2) is 5.16 Å². The number of para-hydroxylation sites is 2. The average Bonchev–Trinajstić information content (AvgIpc) is 3.17. The van der Waals surface area contributed by atoms with E-state index in [4.69, 9.17) is 0 Å². The number of hydrogen-bond acceptors (Lipinski definition) is 5. The predicted molar refractivity (Wildman–Crippen MR) is 131 cm³/mol. The Morgan fingerprint density at radius 1 is 0.939 bits per heavy atom. The fourth-order valence-corrected chi connectivity index (χ4v) is 6.47. The molecular weight excluding hydrogens is 456 g/mol. The Bertz CT molecular complexity index is 1440. The molecule has 5 rings (SSSR count). The quantitative estimate of drug-likeness (QED) is 0.410. The van der Waals surface area contributed by atoms with Gasteiger partial charge in [-0.3, -0.25) is 4.79 Å². The van der Waals surface area contributed by atoms with E-state index in [-0.39, 0.29) is 24.7 Å². The summed E-state index contributed by atoms with van der Waals surface area (Å²) >= 11 is 1.41. The molecule has 2 heterocycles. The van der Waals surface area contributed by atoms with Gasteiger partial charge in [-0.15, -0.1) is 0 Å². The molecule has 1 aliphatic heterocycles. The van der Waals surface area contributed by atoms with E-state index in [0.717, 1.165) is 27.0 Å². The van der Waals surface area contributed by atoms with E-state index in [1.54, 1.807) is 17.0 Å². The maximum absolute atomic E-state index is 13.1. The van der Waals surface area contributed by atoms with Crippen molar-refractivity contribution < 1.29 is 13.2 Å². The van der Waals surface area contributed by atoms with E-state index in [1.165, 1.54) is 16.1 Å². The second-order valence-corrected chi connectivity index (χ2v) is 10.9. The molecule has 0 bridgehead atoms. The number of thioether (sulfide) groups is 1. The summed E-state index contributed by atoms with van der Waals surface area (Å²) in [7, 11) is -1.66. The molecule has 33 heavy (non-hydrogen) atoms. The van der Waals surface area contributed by atoms with Crippen LogP contribution >= 0.6 is 11.8 Å². The standard InChI is InChI=1S/C24H24N4O3S2/c1-26-22-9-5-4-8-21(22)25-24(26)32-17-23(29)27-12-14-28(15-13-27)33(30,31)20-11-10-18-6-2-3-7-19(18)16-20/h2-11,16H,12-15,17H2,1H3. The highest BCUT2D eigenvalue weighted by molar-refractivity contribution is 7.99. The van der Waals surface area contributed by atoms with Gasteiger partial charge >= 0.3 is 0 Å². The summed E-state index contributed by atoms with van der Waals surface area (Å²) in [5.41, 5.74) is 1.93. The molecule has 0 spiro atoms. The molecule has 0 saturated carbocycles. The summed E-state index contributed by atoms with van der Waals surface area (Å²) in [6.45, 7) is 1.35. The van der Waals surface area contributed by atoms with Crippen molar-refractivity contribution in [3.05, 3.63) is 66.7 Å². The van der Waals surface area contributed by atoms with Crippen molar-refractivity contribution in [1.29, 1.82) is 0 Å². The molecule has 1 saturated heterocycles. The Kier molecular flexibility index (Phi) is 5.86. The Labute approximate surface area is 197 Å². The van der Waals surface area contributed by atoms with E-state index in [9.17, 15) is 13.2 Å². The zero-order valence-electron chi connectivity index (χ0n) is 18.2. The molecule has 0 radical (unpaired) electrons. The molecule has 0 aliphatic carbocycles. The van der Waals surface area contributed by atoms with Gasteiger partial charge in [-0.05, 0) is 35.0 Å². The Morgan fingerprint density at radius 2 is 1.64 bits per heavy atom. The van der Waals surface area contributed by atoms with Gasteiger partial charge in [-0.25, -0.2) is 13.4 Å². The number of aryl methyl sites for hydroxylation is 1. The lowest BCUT2D eigenvalue weighted by Gasteiger charge is -2.34. The molecule has 3 aromatic carbocycles. The first-order valence-electron chi connectivity index (χ1n) is 10.7. The highest BCUT2D eigenvalue weighted by Crippen LogP contribution is 2.25. The van der Waals surface area contributed by atoms with Crippen LogP contribution < -0.4 is 0 Å². The molecule has 7 nitrogen and oxygen atoms in total. The summed E-state index contributed by atoms with van der Waals surface area (Å²) in [5.74, 6) is 0.268. The maximum Gasteiger partial charge on any atom is 0.243 e. The fraction of sp³-hybridized carbons (Fsp3) is 0.250. The van der Waals surface area contributed by atoms with E-state index >= 15 is 0 Å². The monoisotopic (exact) mass is 480 g/mol. The van der Waals surface area contributed by atoms with E-state index < -0.39 is 10.0 Å². The number of imidazole rings is 1. The number of carbonyl (C=O) groups is 1. The normalized spacial score (nSPS) is 15.4. The lowest BCUT2D eigenvalue weighted by atomic mass is 10.1. The van der Waals surface area contributed by atoms with E-state index in [2.05, 4.69) is 4.98 Å². The van der Waals surface area contributed by atoms with Gasteiger partial charge < -0.3 is 9.47 Å². The first-order chi connectivity index (χ1) is 15.9. The smallest absolute Gasteiger partial charge is 0.243 e. The number of piperazine rings is 1. The van der Waals surface area contributed by atoms with Crippen LogP contribution in [0.5, 0.6) is 0 Å². The first kappa shape index (κ1) is 21.9. The largest absolute Gasteiger partial charge is 0.339 e. The van der Waals surface area contributed by atoms with Gasteiger partial charge in [-0.1, -0.05) is 54.2 Å². The third-order valence-corrected chi connectivity index (χ3v) is 8.93. The van der Waals surface area contributed by atoms with Crippen LogP contribution in [0.15, 0.2) is 76.8 Å². The molecule has 0 unspecified atom stereocenters. The minimum Gasteiger partial charge on any atom is -0.339 e. The molecule has 1 fully saturated rings. The topological polar surface area (TPSA) is 75.5 Å². The molecule has 0 N–H and O–H groups in total. The fourth-order valence-electron chi connectivity index (χ4n) is 4.12. The Hall–Kier alpha value is -2.88. The first-order valence-corrected chi connectivity index (χ1v) is 13.2. The summed E-state index contributed by atoms with van der Waals surface area (Å²) in [6.07, 6.45) is 0. The lowest BCUT2D eigenvalue weighted by molar-refractivity contribution is -0.129. The summed E-state index contributed by atoms with van der Waals surface area (Å²) in [4.78, 5) is 19.4.